The number of aryl methyl sites for hydroxylation is 3. The topological polar surface area (TPSA) is 91.5 Å². The van der Waals surface area contributed by atoms with E-state index in [9.17, 15) is 0 Å². The third-order valence-corrected chi connectivity index (χ3v) is 5.40. The van der Waals surface area contributed by atoms with Crippen molar-refractivity contribution in [2.45, 2.75) is 40.2 Å². The minimum Gasteiger partial charge on any atom is -0.340 e. The van der Waals surface area contributed by atoms with Crippen LogP contribution in [0.1, 0.15) is 41.4 Å². The second-order valence-electron chi connectivity index (χ2n) is 8.03. The molecule has 0 bridgehead atoms. The van der Waals surface area contributed by atoms with Crippen LogP contribution in [0.4, 0.5) is 23.1 Å². The molecule has 4 aromatic rings. The fourth-order valence-electron chi connectivity index (χ4n) is 3.85. The molecule has 0 unspecified atom stereocenters. The highest BCUT2D eigenvalue weighted by molar-refractivity contribution is 5.66. The number of nitrogens with one attached hydrogen (secondary N) is 2. The molecular weight excluding hydrogens is 410 g/mol. The van der Waals surface area contributed by atoms with Gasteiger partial charge < -0.3 is 15.2 Å². The summed E-state index contributed by atoms with van der Waals surface area (Å²) in [6, 6.07) is 15.6. The lowest BCUT2D eigenvalue weighted by molar-refractivity contribution is 0.704. The lowest BCUT2D eigenvalue weighted by atomic mass is 10.0. The van der Waals surface area contributed by atoms with Crippen molar-refractivity contribution in [1.29, 1.82) is 5.26 Å². The lowest BCUT2D eigenvalue weighted by Crippen LogP contribution is -2.06. The summed E-state index contributed by atoms with van der Waals surface area (Å²) in [5.74, 6) is 2.32. The Hall–Kier alpha value is -4.18. The Morgan fingerprint density at radius 3 is 2.42 bits per heavy atom. The zero-order chi connectivity index (χ0) is 23.2. The summed E-state index contributed by atoms with van der Waals surface area (Å²) in [6.07, 6.45) is 7.70. The van der Waals surface area contributed by atoms with Gasteiger partial charge in [0.25, 0.3) is 0 Å². The zero-order valence-electron chi connectivity index (χ0n) is 19.1. The van der Waals surface area contributed by atoms with Crippen molar-refractivity contribution < 1.29 is 0 Å². The van der Waals surface area contributed by atoms with Crippen LogP contribution in [-0.4, -0.2) is 19.5 Å². The molecule has 0 aliphatic carbocycles. The minimum atomic E-state index is 0.486. The molecule has 7 heteroatoms. The van der Waals surface area contributed by atoms with Gasteiger partial charge in [-0.1, -0.05) is 19.1 Å². The van der Waals surface area contributed by atoms with Crippen LogP contribution in [0.15, 0.2) is 61.1 Å². The number of hydrogen-bond acceptors (Lipinski definition) is 6. The number of nitriles is 1. The summed E-state index contributed by atoms with van der Waals surface area (Å²) >= 11 is 0. The van der Waals surface area contributed by atoms with E-state index < -0.39 is 0 Å². The monoisotopic (exact) mass is 437 g/mol. The van der Waals surface area contributed by atoms with Gasteiger partial charge in [-0.15, -0.1) is 0 Å². The molecule has 33 heavy (non-hydrogen) atoms. The number of anilines is 4. The Bertz CT molecular complexity index is 1260. The van der Waals surface area contributed by atoms with Crippen LogP contribution in [0.2, 0.25) is 0 Å². The molecule has 2 heterocycles. The van der Waals surface area contributed by atoms with Crippen molar-refractivity contribution in [3.05, 3.63) is 89.1 Å². The van der Waals surface area contributed by atoms with Crippen molar-refractivity contribution >= 4 is 23.1 Å². The van der Waals surface area contributed by atoms with Crippen LogP contribution in [0.3, 0.4) is 0 Å². The standard InChI is InChI=1S/C26H27N7/c1-4-5-24-28-12-13-33(24)17-21-14-18(2)25(19(3)15-21)31-23-10-11-29-26(32-23)30-22-8-6-20(16-27)7-9-22/h6-15H,4-5,17H2,1-3H3,(H2,29,30,31,32). The first-order valence-electron chi connectivity index (χ1n) is 11.0. The Kier molecular flexibility index (Phi) is 6.65. The highest BCUT2D eigenvalue weighted by atomic mass is 15.1. The average Bonchev–Trinajstić information content (AvgIpc) is 3.24. The second kappa shape index (κ2) is 9.96. The third kappa shape index (κ3) is 5.36. The molecular formula is C26H27N7. The maximum absolute atomic E-state index is 8.95. The zero-order valence-corrected chi connectivity index (χ0v) is 19.1. The molecule has 4 rings (SSSR count). The summed E-state index contributed by atoms with van der Waals surface area (Å²) in [6.45, 7) is 7.20. The first-order chi connectivity index (χ1) is 16.1. The maximum Gasteiger partial charge on any atom is 0.229 e. The number of aromatic nitrogens is 4. The normalized spacial score (nSPS) is 10.6. The van der Waals surface area contributed by atoms with Crippen molar-refractivity contribution in [3.8, 4) is 6.07 Å². The van der Waals surface area contributed by atoms with Gasteiger partial charge in [0.2, 0.25) is 5.95 Å². The number of nitrogens with zero attached hydrogens (tertiary/aromatic N) is 5. The van der Waals surface area contributed by atoms with Crippen LogP contribution < -0.4 is 10.6 Å². The van der Waals surface area contributed by atoms with Gasteiger partial charge in [0.05, 0.1) is 11.6 Å². The Balaban J connectivity index is 1.50. The Morgan fingerprint density at radius 2 is 1.73 bits per heavy atom. The van der Waals surface area contributed by atoms with Crippen LogP contribution in [0.5, 0.6) is 0 Å². The molecule has 0 radical (unpaired) electrons. The molecule has 0 saturated carbocycles. The van der Waals surface area contributed by atoms with E-state index in [1.54, 1.807) is 18.3 Å². The van der Waals surface area contributed by atoms with E-state index in [4.69, 9.17) is 5.26 Å². The van der Waals surface area contributed by atoms with Crippen LogP contribution in [-0.2, 0) is 13.0 Å². The Morgan fingerprint density at radius 1 is 0.970 bits per heavy atom. The van der Waals surface area contributed by atoms with Gasteiger partial charge in [-0.3, -0.25) is 0 Å². The molecule has 2 aromatic carbocycles. The van der Waals surface area contributed by atoms with Gasteiger partial charge >= 0.3 is 0 Å². The van der Waals surface area contributed by atoms with Gasteiger partial charge in [-0.25, -0.2) is 9.97 Å². The molecule has 0 atom stereocenters. The van der Waals surface area contributed by atoms with Crippen LogP contribution >= 0.6 is 0 Å². The van der Waals surface area contributed by atoms with E-state index >= 15 is 0 Å². The molecule has 2 aromatic heterocycles. The maximum atomic E-state index is 8.95. The highest BCUT2D eigenvalue weighted by Gasteiger charge is 2.10. The van der Waals surface area contributed by atoms with E-state index in [-0.39, 0.29) is 0 Å². The largest absolute Gasteiger partial charge is 0.340 e. The molecule has 0 saturated heterocycles. The van der Waals surface area contributed by atoms with Crippen molar-refractivity contribution in [2.24, 2.45) is 0 Å². The van der Waals surface area contributed by atoms with Gasteiger partial charge in [-0.2, -0.15) is 10.2 Å². The van der Waals surface area contributed by atoms with Gasteiger partial charge in [0, 0.05) is 42.9 Å². The number of rotatable bonds is 8. The lowest BCUT2D eigenvalue weighted by Gasteiger charge is -2.16. The molecule has 166 valence electrons. The molecule has 0 fully saturated rings. The van der Waals surface area contributed by atoms with E-state index in [1.165, 1.54) is 5.56 Å². The van der Waals surface area contributed by atoms with E-state index in [2.05, 4.69) is 69.1 Å². The number of imidazole rings is 1. The average molecular weight is 438 g/mol. The Labute approximate surface area is 194 Å². The molecule has 0 amide bonds. The smallest absolute Gasteiger partial charge is 0.229 e. The molecule has 0 aliphatic rings. The summed E-state index contributed by atoms with van der Waals surface area (Å²) in [5, 5.41) is 15.6. The van der Waals surface area contributed by atoms with E-state index in [0.29, 0.717) is 17.3 Å². The summed E-state index contributed by atoms with van der Waals surface area (Å²) in [4.78, 5) is 13.4. The summed E-state index contributed by atoms with van der Waals surface area (Å²) in [7, 11) is 0. The first-order valence-corrected chi connectivity index (χ1v) is 11.0. The third-order valence-electron chi connectivity index (χ3n) is 5.40. The highest BCUT2D eigenvalue weighted by Crippen LogP contribution is 2.26. The molecule has 7 nitrogen and oxygen atoms in total. The SMILES string of the molecule is CCCc1nccn1Cc1cc(C)c(Nc2ccnc(Nc3ccc(C#N)cc3)n2)c(C)c1. The van der Waals surface area contributed by atoms with Gasteiger partial charge in [0.1, 0.15) is 11.6 Å². The first kappa shape index (κ1) is 22.0. The summed E-state index contributed by atoms with van der Waals surface area (Å²) < 4.78 is 2.22. The summed E-state index contributed by atoms with van der Waals surface area (Å²) in [5.41, 5.74) is 6.04. The predicted molar refractivity (Wildman–Crippen MR) is 131 cm³/mol. The quantitative estimate of drug-likeness (QED) is 0.370. The van der Waals surface area contributed by atoms with Crippen molar-refractivity contribution in [1.82, 2.24) is 19.5 Å². The number of benzene rings is 2. The van der Waals surface area contributed by atoms with Crippen molar-refractivity contribution in [3.63, 3.8) is 0 Å². The fourth-order valence-corrected chi connectivity index (χ4v) is 3.85. The van der Waals surface area contributed by atoms with Crippen LogP contribution in [0.25, 0.3) is 0 Å². The predicted octanol–water partition coefficient (Wildman–Crippen LogP) is 5.65. The van der Waals surface area contributed by atoms with Crippen molar-refractivity contribution in [2.75, 3.05) is 10.6 Å². The van der Waals surface area contributed by atoms with E-state index in [1.807, 2.05) is 30.6 Å². The minimum absolute atomic E-state index is 0.486. The fraction of sp³-hybridized carbons (Fsp3) is 0.231. The molecule has 0 spiro atoms. The molecule has 2 N–H and O–H groups in total. The van der Waals surface area contributed by atoms with Crippen LogP contribution in [0, 0.1) is 25.2 Å². The second-order valence-corrected chi connectivity index (χ2v) is 8.03. The van der Waals surface area contributed by atoms with Gasteiger partial charge in [0.15, 0.2) is 0 Å². The number of hydrogen-bond donors (Lipinski definition) is 2. The van der Waals surface area contributed by atoms with Gasteiger partial charge in [-0.05, 0) is 67.3 Å². The molecule has 0 aliphatic heterocycles. The van der Waals surface area contributed by atoms with E-state index in [0.717, 1.165) is 47.7 Å².